The second-order valence-corrected chi connectivity index (χ2v) is 14.8. The summed E-state index contributed by atoms with van der Waals surface area (Å²) in [5.41, 5.74) is 2.28. The van der Waals surface area contributed by atoms with E-state index in [9.17, 15) is 0 Å². The molecule has 0 saturated carbocycles. The highest BCUT2D eigenvalue weighted by Crippen LogP contribution is 2.62. The fourth-order valence-electron chi connectivity index (χ4n) is 1.67. The Labute approximate surface area is 127 Å². The quantitative estimate of drug-likeness (QED) is 0.497. The minimum Gasteiger partial charge on any atom is -0.260 e. The maximum absolute atomic E-state index is 5.81. The predicted octanol–water partition coefficient (Wildman–Crippen LogP) is 5.64. The third-order valence-electron chi connectivity index (χ3n) is 2.92. The first kappa shape index (κ1) is 16.9. The first-order chi connectivity index (χ1) is 8.80. The van der Waals surface area contributed by atoms with Crippen molar-refractivity contribution in [3.8, 4) is 0 Å². The van der Waals surface area contributed by atoms with Crippen LogP contribution in [-0.2, 0) is 11.8 Å². The number of aliphatic imine (C=N–C) groups is 1. The Morgan fingerprint density at radius 2 is 1.74 bits per heavy atom. The number of nitrogens with zero attached hydrogens (tertiary/aromatic N) is 1. The first-order valence-electron chi connectivity index (χ1n) is 6.71. The number of rotatable bonds is 6. The Balaban J connectivity index is 2.78. The largest absolute Gasteiger partial charge is 0.260 e. The van der Waals surface area contributed by atoms with Crippen LogP contribution < -0.4 is 0 Å². The van der Waals surface area contributed by atoms with E-state index >= 15 is 0 Å². The van der Waals surface area contributed by atoms with E-state index in [1.54, 1.807) is 0 Å². The Hall–Kier alpha value is -0.110. The highest BCUT2D eigenvalue weighted by molar-refractivity contribution is 8.71. The summed E-state index contributed by atoms with van der Waals surface area (Å²) in [6.45, 7) is 10.9. The highest BCUT2D eigenvalue weighted by Gasteiger charge is 2.24. The van der Waals surface area contributed by atoms with E-state index < -0.39 is 5.24 Å². The Bertz CT molecular complexity index is 469. The average Bonchev–Trinajstić information content (AvgIpc) is 2.37. The van der Waals surface area contributed by atoms with Gasteiger partial charge in [-0.1, -0.05) is 43.4 Å². The first-order valence-corrected chi connectivity index (χ1v) is 11.3. The Kier molecular flexibility index (Phi) is 6.29. The molecule has 0 N–H and O–H groups in total. The molecular formula is C15H24NPS2. The van der Waals surface area contributed by atoms with E-state index in [1.807, 2.05) is 11.4 Å². The molecule has 0 spiro atoms. The van der Waals surface area contributed by atoms with Crippen LogP contribution in [0.3, 0.4) is 0 Å². The van der Waals surface area contributed by atoms with Gasteiger partial charge in [-0.25, -0.2) is 0 Å². The van der Waals surface area contributed by atoms with Crippen molar-refractivity contribution in [2.45, 2.75) is 39.4 Å². The second kappa shape index (κ2) is 7.06. The van der Waals surface area contributed by atoms with Gasteiger partial charge in [0, 0.05) is 11.5 Å². The van der Waals surface area contributed by atoms with Gasteiger partial charge in [-0.2, -0.15) is 0 Å². The maximum Gasteiger partial charge on any atom is 0.0626 e. The molecule has 1 rings (SSSR count). The molecule has 0 aromatic heterocycles. The van der Waals surface area contributed by atoms with Gasteiger partial charge in [-0.3, -0.25) is 4.99 Å². The van der Waals surface area contributed by atoms with Crippen molar-refractivity contribution in [3.05, 3.63) is 29.8 Å². The molecule has 0 amide bonds. The lowest BCUT2D eigenvalue weighted by Crippen LogP contribution is -2.16. The fraction of sp³-hybridized carbons (Fsp3) is 0.533. The van der Waals surface area contributed by atoms with E-state index in [0.29, 0.717) is 0 Å². The van der Waals surface area contributed by atoms with Gasteiger partial charge < -0.3 is 0 Å². The van der Waals surface area contributed by atoms with Crippen LogP contribution in [0.25, 0.3) is 0 Å². The minimum atomic E-state index is -1.27. The Morgan fingerprint density at radius 3 is 2.21 bits per heavy atom. The molecule has 1 nitrogen and oxygen atoms in total. The predicted molar refractivity (Wildman–Crippen MR) is 96.4 cm³/mol. The molecule has 106 valence electrons. The summed E-state index contributed by atoms with van der Waals surface area (Å²) in [5, 5.41) is -1.27. The normalized spacial score (nSPS) is 13.1. The molecule has 0 radical (unpaired) electrons. The molecule has 4 heteroatoms. The standard InChI is InChI=1S/C15H24NPS2/c1-6-17(18,7-2)19-15(4,5)12-16-14-10-8-13(3)9-11-14/h8-12H,6-7H2,1-5H3. The molecule has 0 atom stereocenters. The molecule has 0 heterocycles. The van der Waals surface area contributed by atoms with Gasteiger partial charge >= 0.3 is 0 Å². The van der Waals surface area contributed by atoms with Gasteiger partial charge in [0.2, 0.25) is 0 Å². The zero-order valence-corrected chi connectivity index (χ0v) is 15.0. The second-order valence-electron chi connectivity index (χ2n) is 5.24. The van der Waals surface area contributed by atoms with E-state index in [2.05, 4.69) is 70.1 Å². The average molecular weight is 313 g/mol. The lowest BCUT2D eigenvalue weighted by atomic mass is 10.2. The maximum atomic E-state index is 5.81. The molecule has 0 aliphatic carbocycles. The molecule has 1 aromatic carbocycles. The summed E-state index contributed by atoms with van der Waals surface area (Å²) in [6.07, 6.45) is 4.28. The summed E-state index contributed by atoms with van der Waals surface area (Å²) in [7, 11) is 0. The van der Waals surface area contributed by atoms with Gasteiger partial charge in [0.25, 0.3) is 0 Å². The molecule has 0 bridgehead atoms. The van der Waals surface area contributed by atoms with Gasteiger partial charge in [-0.15, -0.1) is 11.4 Å². The SMILES string of the molecule is CCP(=S)(CC)SC(C)(C)C=Nc1ccc(C)cc1. The summed E-state index contributed by atoms with van der Waals surface area (Å²) < 4.78 is 0.00638. The van der Waals surface area contributed by atoms with Gasteiger partial charge in [-0.05, 0) is 45.2 Å². The van der Waals surface area contributed by atoms with Crippen LogP contribution in [0.15, 0.2) is 29.3 Å². The summed E-state index contributed by atoms with van der Waals surface area (Å²) >= 11 is 7.76. The molecule has 1 aromatic rings. The van der Waals surface area contributed by atoms with E-state index in [1.165, 1.54) is 5.56 Å². The van der Waals surface area contributed by atoms with Crippen LogP contribution in [-0.4, -0.2) is 23.3 Å². The third kappa shape index (κ3) is 5.81. The number of aryl methyl sites for hydroxylation is 1. The zero-order valence-electron chi connectivity index (χ0n) is 12.5. The van der Waals surface area contributed by atoms with Crippen molar-refractivity contribution in [1.29, 1.82) is 0 Å². The van der Waals surface area contributed by atoms with Gasteiger partial charge in [0.15, 0.2) is 0 Å². The smallest absolute Gasteiger partial charge is 0.0626 e. The monoisotopic (exact) mass is 313 g/mol. The van der Waals surface area contributed by atoms with Crippen molar-refractivity contribution in [2.75, 3.05) is 12.3 Å². The lowest BCUT2D eigenvalue weighted by Gasteiger charge is -2.27. The van der Waals surface area contributed by atoms with E-state index in [4.69, 9.17) is 11.8 Å². The van der Waals surface area contributed by atoms with Crippen molar-refractivity contribution >= 4 is 40.3 Å². The van der Waals surface area contributed by atoms with Crippen LogP contribution in [0.5, 0.6) is 0 Å². The van der Waals surface area contributed by atoms with Crippen LogP contribution >= 0.6 is 16.6 Å². The minimum absolute atomic E-state index is 0.00638. The zero-order chi connectivity index (χ0) is 14.5. The Morgan fingerprint density at radius 1 is 1.21 bits per heavy atom. The van der Waals surface area contributed by atoms with Crippen molar-refractivity contribution < 1.29 is 0 Å². The number of hydrogen-bond donors (Lipinski definition) is 0. The topological polar surface area (TPSA) is 12.4 Å². The molecule has 19 heavy (non-hydrogen) atoms. The lowest BCUT2D eigenvalue weighted by molar-refractivity contribution is 0.980. The van der Waals surface area contributed by atoms with Crippen LogP contribution in [0.2, 0.25) is 0 Å². The molecule has 0 saturated heterocycles. The van der Waals surface area contributed by atoms with Crippen molar-refractivity contribution in [1.82, 2.24) is 0 Å². The van der Waals surface area contributed by atoms with E-state index in [0.717, 1.165) is 18.0 Å². The molecule has 0 unspecified atom stereocenters. The highest BCUT2D eigenvalue weighted by atomic mass is 32.9. The third-order valence-corrected chi connectivity index (χ3v) is 11.9. The summed E-state index contributed by atoms with van der Waals surface area (Å²) in [4.78, 5) is 4.60. The summed E-state index contributed by atoms with van der Waals surface area (Å²) in [6, 6.07) is 8.30. The fourth-order valence-corrected chi connectivity index (χ4v) is 8.55. The van der Waals surface area contributed by atoms with Crippen LogP contribution in [0.4, 0.5) is 5.69 Å². The molecule has 0 fully saturated rings. The van der Waals surface area contributed by atoms with Crippen molar-refractivity contribution in [3.63, 3.8) is 0 Å². The number of hydrogen-bond acceptors (Lipinski definition) is 3. The van der Waals surface area contributed by atoms with Crippen LogP contribution in [0.1, 0.15) is 33.3 Å². The summed E-state index contributed by atoms with van der Waals surface area (Å²) in [5.74, 6) is 0. The van der Waals surface area contributed by atoms with Gasteiger partial charge in [0.1, 0.15) is 0 Å². The van der Waals surface area contributed by atoms with Gasteiger partial charge in [0.05, 0.1) is 10.4 Å². The molecule has 0 aliphatic rings. The molecule has 0 aliphatic heterocycles. The van der Waals surface area contributed by atoms with E-state index in [-0.39, 0.29) is 4.75 Å². The van der Waals surface area contributed by atoms with Crippen LogP contribution in [0, 0.1) is 6.92 Å². The number of benzene rings is 1. The van der Waals surface area contributed by atoms with Crippen molar-refractivity contribution in [2.24, 2.45) is 4.99 Å². The molecular weight excluding hydrogens is 289 g/mol.